The zero-order valence-corrected chi connectivity index (χ0v) is 17.6. The van der Waals surface area contributed by atoms with Crippen molar-refractivity contribution in [1.82, 2.24) is 0 Å². The largest absolute Gasteiger partial charge is 0.314 e. The second kappa shape index (κ2) is 7.87. The minimum absolute atomic E-state index is 0.116. The zero-order valence-electron chi connectivity index (χ0n) is 17.6. The van der Waals surface area contributed by atoms with E-state index in [9.17, 15) is 4.79 Å². The standard InChI is InChI=1S/C27H29NO/c1-4-8-20-12-16-22(17-13-20)27(23-18-14-21(9-5-2)15-19-23)24-10-6-7-11-25(24)28(3)26(27)29/h6-7,10-19H,4-5,8-9H2,1-3H3. The third kappa shape index (κ3) is 3.07. The molecule has 0 atom stereocenters. The van der Waals surface area contributed by atoms with Gasteiger partial charge in [0.05, 0.1) is 0 Å². The van der Waals surface area contributed by atoms with Crippen LogP contribution in [-0.2, 0) is 23.1 Å². The normalized spacial score (nSPS) is 14.9. The van der Waals surface area contributed by atoms with Gasteiger partial charge in [0.2, 0.25) is 5.91 Å². The van der Waals surface area contributed by atoms with Gasteiger partial charge in [-0.15, -0.1) is 0 Å². The highest BCUT2D eigenvalue weighted by Crippen LogP contribution is 2.49. The molecule has 2 nitrogen and oxygen atoms in total. The fraction of sp³-hybridized carbons (Fsp3) is 0.296. The van der Waals surface area contributed by atoms with Gasteiger partial charge in [-0.3, -0.25) is 4.79 Å². The molecule has 29 heavy (non-hydrogen) atoms. The van der Waals surface area contributed by atoms with E-state index in [-0.39, 0.29) is 5.91 Å². The molecule has 0 aliphatic carbocycles. The number of nitrogens with zero attached hydrogens (tertiary/aromatic N) is 1. The van der Waals surface area contributed by atoms with Gasteiger partial charge in [0.1, 0.15) is 5.41 Å². The number of carbonyl (C=O) groups is 1. The maximum atomic E-state index is 13.8. The lowest BCUT2D eigenvalue weighted by Gasteiger charge is -2.30. The van der Waals surface area contributed by atoms with Crippen LogP contribution in [0.3, 0.4) is 0 Å². The van der Waals surface area contributed by atoms with Crippen LogP contribution < -0.4 is 4.90 Å². The van der Waals surface area contributed by atoms with Gasteiger partial charge < -0.3 is 4.90 Å². The third-order valence-electron chi connectivity index (χ3n) is 6.15. The van der Waals surface area contributed by atoms with E-state index in [4.69, 9.17) is 0 Å². The number of fused-ring (bicyclic) bond motifs is 1. The third-order valence-corrected chi connectivity index (χ3v) is 6.15. The molecule has 0 saturated heterocycles. The molecule has 3 aromatic rings. The van der Waals surface area contributed by atoms with Gasteiger partial charge >= 0.3 is 0 Å². The number of anilines is 1. The van der Waals surface area contributed by atoms with Crippen LogP contribution in [0, 0.1) is 0 Å². The predicted octanol–water partition coefficient (Wildman–Crippen LogP) is 5.90. The lowest BCUT2D eigenvalue weighted by Crippen LogP contribution is -2.40. The van der Waals surface area contributed by atoms with E-state index in [0.717, 1.165) is 48.1 Å². The van der Waals surface area contributed by atoms with Gasteiger partial charge in [-0.2, -0.15) is 0 Å². The summed E-state index contributed by atoms with van der Waals surface area (Å²) in [7, 11) is 1.89. The number of para-hydroxylation sites is 1. The van der Waals surface area contributed by atoms with Crippen LogP contribution in [0.1, 0.15) is 54.5 Å². The quantitative estimate of drug-likeness (QED) is 0.519. The fourth-order valence-corrected chi connectivity index (χ4v) is 4.70. The second-order valence-corrected chi connectivity index (χ2v) is 8.03. The molecule has 0 N–H and O–H groups in total. The number of amides is 1. The van der Waals surface area contributed by atoms with E-state index in [1.165, 1.54) is 11.1 Å². The molecule has 0 unspecified atom stereocenters. The van der Waals surface area contributed by atoms with Gasteiger partial charge in [0, 0.05) is 18.3 Å². The Hall–Kier alpha value is -2.87. The number of rotatable bonds is 6. The van der Waals surface area contributed by atoms with Crippen molar-refractivity contribution in [2.45, 2.75) is 44.9 Å². The van der Waals surface area contributed by atoms with Crippen molar-refractivity contribution in [1.29, 1.82) is 0 Å². The molecule has 0 bridgehead atoms. The summed E-state index contributed by atoms with van der Waals surface area (Å²) in [5.74, 6) is 0.116. The summed E-state index contributed by atoms with van der Waals surface area (Å²) < 4.78 is 0. The smallest absolute Gasteiger partial charge is 0.246 e. The molecule has 1 aliphatic heterocycles. The second-order valence-electron chi connectivity index (χ2n) is 8.03. The summed E-state index contributed by atoms with van der Waals surface area (Å²) in [6.45, 7) is 4.39. The van der Waals surface area contributed by atoms with Crippen LogP contribution in [0.25, 0.3) is 0 Å². The number of aryl methyl sites for hydroxylation is 2. The molecular formula is C27H29NO. The molecule has 0 radical (unpaired) electrons. The zero-order chi connectivity index (χ0) is 20.4. The lowest BCUT2D eigenvalue weighted by atomic mass is 9.70. The molecule has 0 saturated carbocycles. The summed E-state index contributed by atoms with van der Waals surface area (Å²) in [5, 5.41) is 0. The summed E-state index contributed by atoms with van der Waals surface area (Å²) in [6.07, 6.45) is 4.36. The Morgan fingerprint density at radius 2 is 1.21 bits per heavy atom. The highest BCUT2D eigenvalue weighted by Gasteiger charge is 2.52. The summed E-state index contributed by atoms with van der Waals surface area (Å²) in [4.78, 5) is 15.6. The van der Waals surface area contributed by atoms with Crippen LogP contribution in [0.15, 0.2) is 72.8 Å². The first-order chi connectivity index (χ1) is 14.1. The average Bonchev–Trinajstić information content (AvgIpc) is 2.98. The Bertz CT molecular complexity index is 952. The molecule has 4 rings (SSSR count). The van der Waals surface area contributed by atoms with E-state index in [0.29, 0.717) is 0 Å². The minimum atomic E-state index is -0.791. The number of likely N-dealkylation sites (N-methyl/N-ethyl adjacent to an activating group) is 1. The van der Waals surface area contributed by atoms with E-state index >= 15 is 0 Å². The van der Waals surface area contributed by atoms with Crippen LogP contribution in [-0.4, -0.2) is 13.0 Å². The van der Waals surface area contributed by atoms with Crippen LogP contribution in [0.5, 0.6) is 0 Å². The van der Waals surface area contributed by atoms with Gasteiger partial charge in [-0.25, -0.2) is 0 Å². The summed E-state index contributed by atoms with van der Waals surface area (Å²) in [5.41, 5.74) is 5.99. The molecule has 0 aromatic heterocycles. The van der Waals surface area contributed by atoms with Crippen molar-refractivity contribution in [2.75, 3.05) is 11.9 Å². The number of benzene rings is 3. The lowest BCUT2D eigenvalue weighted by molar-refractivity contribution is -0.120. The molecule has 0 spiro atoms. The number of hydrogen-bond donors (Lipinski definition) is 0. The van der Waals surface area contributed by atoms with Crippen molar-refractivity contribution in [3.63, 3.8) is 0 Å². The molecular weight excluding hydrogens is 354 g/mol. The fourth-order valence-electron chi connectivity index (χ4n) is 4.70. The maximum Gasteiger partial charge on any atom is 0.246 e. The van der Waals surface area contributed by atoms with Crippen molar-refractivity contribution >= 4 is 11.6 Å². The predicted molar refractivity (Wildman–Crippen MR) is 121 cm³/mol. The SMILES string of the molecule is CCCc1ccc(C2(c3ccc(CCC)cc3)C(=O)N(C)c3ccccc32)cc1. The highest BCUT2D eigenvalue weighted by atomic mass is 16.2. The van der Waals surface area contributed by atoms with E-state index in [1.54, 1.807) is 0 Å². The van der Waals surface area contributed by atoms with Crippen LogP contribution in [0.4, 0.5) is 5.69 Å². The van der Waals surface area contributed by atoms with Gasteiger partial charge in [0.15, 0.2) is 0 Å². The average molecular weight is 384 g/mol. The topological polar surface area (TPSA) is 20.3 Å². The number of carbonyl (C=O) groups excluding carboxylic acids is 1. The molecule has 1 amide bonds. The number of hydrogen-bond acceptors (Lipinski definition) is 1. The first-order valence-electron chi connectivity index (χ1n) is 10.7. The Morgan fingerprint density at radius 1 is 0.724 bits per heavy atom. The molecule has 0 fully saturated rings. The molecule has 3 aromatic carbocycles. The molecule has 2 heteroatoms. The van der Waals surface area contributed by atoms with Crippen molar-refractivity contribution in [3.05, 3.63) is 101 Å². The van der Waals surface area contributed by atoms with E-state index < -0.39 is 5.41 Å². The van der Waals surface area contributed by atoms with Gasteiger partial charge in [0.25, 0.3) is 0 Å². The first-order valence-corrected chi connectivity index (χ1v) is 10.7. The molecule has 1 heterocycles. The Balaban J connectivity index is 1.94. The van der Waals surface area contributed by atoms with Crippen molar-refractivity contribution in [2.24, 2.45) is 0 Å². The van der Waals surface area contributed by atoms with Gasteiger partial charge in [-0.1, -0.05) is 93.4 Å². The van der Waals surface area contributed by atoms with Crippen LogP contribution >= 0.6 is 0 Å². The summed E-state index contributed by atoms with van der Waals surface area (Å²) in [6, 6.07) is 25.5. The summed E-state index contributed by atoms with van der Waals surface area (Å²) >= 11 is 0. The van der Waals surface area contributed by atoms with Crippen LogP contribution in [0.2, 0.25) is 0 Å². The van der Waals surface area contributed by atoms with E-state index in [1.807, 2.05) is 30.1 Å². The molecule has 1 aliphatic rings. The van der Waals surface area contributed by atoms with Gasteiger partial charge in [-0.05, 0) is 41.2 Å². The van der Waals surface area contributed by atoms with Crippen molar-refractivity contribution < 1.29 is 4.79 Å². The Kier molecular flexibility index (Phi) is 5.27. The monoisotopic (exact) mass is 383 g/mol. The minimum Gasteiger partial charge on any atom is -0.314 e. The highest BCUT2D eigenvalue weighted by molar-refractivity contribution is 6.12. The van der Waals surface area contributed by atoms with E-state index in [2.05, 4.69) is 68.4 Å². The first kappa shape index (κ1) is 19.4. The Labute approximate surface area is 174 Å². The Morgan fingerprint density at radius 3 is 1.69 bits per heavy atom. The maximum absolute atomic E-state index is 13.8. The van der Waals surface area contributed by atoms with Crippen molar-refractivity contribution in [3.8, 4) is 0 Å². The molecule has 148 valence electrons.